The van der Waals surface area contributed by atoms with Crippen LogP contribution in [-0.2, 0) is 9.59 Å². The van der Waals surface area contributed by atoms with Gasteiger partial charge in [0, 0.05) is 30.8 Å². The van der Waals surface area contributed by atoms with E-state index in [9.17, 15) is 24.8 Å². The zero-order valence-electron chi connectivity index (χ0n) is 11.7. The average molecular weight is 311 g/mol. The summed E-state index contributed by atoms with van der Waals surface area (Å²) < 4.78 is 0. The van der Waals surface area contributed by atoms with Crippen molar-refractivity contribution >= 4 is 23.3 Å². The van der Waals surface area contributed by atoms with Crippen molar-refractivity contribution in [1.29, 1.82) is 0 Å². The first-order valence-electron chi connectivity index (χ1n) is 6.63. The molecule has 9 heteroatoms. The molecule has 1 aromatic rings. The third-order valence-corrected chi connectivity index (χ3v) is 2.86. The summed E-state index contributed by atoms with van der Waals surface area (Å²) in [7, 11) is 0. The molecule has 0 fully saturated rings. The molecule has 0 saturated heterocycles. The van der Waals surface area contributed by atoms with E-state index in [1.807, 2.05) is 0 Å². The van der Waals surface area contributed by atoms with E-state index >= 15 is 0 Å². The number of carboxylic acid groups (broad SMARTS) is 1. The normalized spacial score (nSPS) is 11.7. The molecule has 0 aliphatic carbocycles. The van der Waals surface area contributed by atoms with Gasteiger partial charge in [-0.3, -0.25) is 14.9 Å². The number of carbonyl (C=O) groups excluding carboxylic acids is 2. The summed E-state index contributed by atoms with van der Waals surface area (Å²) in [6.07, 6.45) is 0.0622. The second kappa shape index (κ2) is 8.70. The lowest BCUT2D eigenvalue weighted by Crippen LogP contribution is -2.93. The van der Waals surface area contributed by atoms with Crippen LogP contribution in [0.3, 0.4) is 0 Å². The summed E-state index contributed by atoms with van der Waals surface area (Å²) in [5, 5.41) is 34.0. The Labute approximate surface area is 126 Å². The summed E-state index contributed by atoms with van der Waals surface area (Å²) in [6.45, 7) is 0.273. The molecule has 0 aliphatic heterocycles. The molecular formula is C13H17N3O6. The maximum atomic E-state index is 11.8. The van der Waals surface area contributed by atoms with E-state index < -0.39 is 22.8 Å². The second-order valence-electron chi connectivity index (χ2n) is 4.59. The molecule has 0 heterocycles. The van der Waals surface area contributed by atoms with Gasteiger partial charge in [0.15, 0.2) is 0 Å². The van der Waals surface area contributed by atoms with Gasteiger partial charge >= 0.3 is 0 Å². The van der Waals surface area contributed by atoms with E-state index in [2.05, 4.69) is 5.32 Å². The molecule has 22 heavy (non-hydrogen) atoms. The number of aliphatic hydroxyl groups excluding tert-OH is 1. The SMILES string of the molecule is O=C(C[C@H]([NH2+]CCCO)C(=O)[O-])Nc1cccc([N+](=O)[O-])c1. The number of carbonyl (C=O) groups is 2. The number of nitrogens with two attached hydrogens (primary N) is 1. The number of aliphatic carboxylic acids is 1. The number of hydrogen-bond acceptors (Lipinski definition) is 6. The highest BCUT2D eigenvalue weighted by Crippen LogP contribution is 2.17. The highest BCUT2D eigenvalue weighted by molar-refractivity contribution is 5.93. The Bertz CT molecular complexity index is 548. The molecule has 4 N–H and O–H groups in total. The number of anilines is 1. The highest BCUT2D eigenvalue weighted by atomic mass is 16.6. The van der Waals surface area contributed by atoms with Crippen molar-refractivity contribution in [2.75, 3.05) is 18.5 Å². The molecule has 0 bridgehead atoms. The van der Waals surface area contributed by atoms with E-state index in [-0.39, 0.29) is 24.4 Å². The molecule has 0 unspecified atom stereocenters. The zero-order valence-corrected chi connectivity index (χ0v) is 11.7. The minimum Gasteiger partial charge on any atom is -0.544 e. The van der Waals surface area contributed by atoms with E-state index in [0.717, 1.165) is 0 Å². The maximum Gasteiger partial charge on any atom is 0.271 e. The number of carboxylic acids is 1. The second-order valence-corrected chi connectivity index (χ2v) is 4.59. The van der Waals surface area contributed by atoms with Gasteiger partial charge in [0.2, 0.25) is 5.91 Å². The van der Waals surface area contributed by atoms with Crippen LogP contribution in [0, 0.1) is 10.1 Å². The first kappa shape index (κ1) is 17.5. The van der Waals surface area contributed by atoms with Crippen molar-refractivity contribution in [2.45, 2.75) is 18.9 Å². The summed E-state index contributed by atoms with van der Waals surface area (Å²) in [4.78, 5) is 32.8. The summed E-state index contributed by atoms with van der Waals surface area (Å²) >= 11 is 0. The number of nitro benzene ring substituents is 1. The fourth-order valence-corrected chi connectivity index (χ4v) is 1.78. The van der Waals surface area contributed by atoms with Gasteiger partial charge in [0.1, 0.15) is 6.04 Å². The lowest BCUT2D eigenvalue weighted by molar-refractivity contribution is -0.682. The van der Waals surface area contributed by atoms with Crippen LogP contribution in [0.4, 0.5) is 11.4 Å². The van der Waals surface area contributed by atoms with Crippen LogP contribution in [0.2, 0.25) is 0 Å². The van der Waals surface area contributed by atoms with Gasteiger partial charge in [0.25, 0.3) is 5.69 Å². The molecule has 120 valence electrons. The van der Waals surface area contributed by atoms with Crippen LogP contribution < -0.4 is 15.7 Å². The topological polar surface area (TPSA) is 149 Å². The predicted molar refractivity (Wildman–Crippen MR) is 73.6 cm³/mol. The van der Waals surface area contributed by atoms with Crippen molar-refractivity contribution in [2.24, 2.45) is 0 Å². The van der Waals surface area contributed by atoms with Crippen LogP contribution in [0.25, 0.3) is 0 Å². The molecule has 1 atom stereocenters. The first-order valence-corrected chi connectivity index (χ1v) is 6.63. The Balaban J connectivity index is 2.61. The number of nitro groups is 1. The third kappa shape index (κ3) is 5.85. The van der Waals surface area contributed by atoms with Crippen molar-refractivity contribution in [3.05, 3.63) is 34.4 Å². The summed E-state index contributed by atoms with van der Waals surface area (Å²) in [5.74, 6) is -1.97. The largest absolute Gasteiger partial charge is 0.544 e. The van der Waals surface area contributed by atoms with Crippen molar-refractivity contribution in [1.82, 2.24) is 0 Å². The third-order valence-electron chi connectivity index (χ3n) is 2.86. The van der Waals surface area contributed by atoms with Gasteiger partial charge < -0.3 is 25.6 Å². The minimum atomic E-state index is -1.38. The number of hydrogen-bond donors (Lipinski definition) is 3. The molecule has 1 aromatic carbocycles. The molecule has 1 amide bonds. The monoisotopic (exact) mass is 311 g/mol. The summed E-state index contributed by atoms with van der Waals surface area (Å²) in [6, 6.07) is 4.26. The Kier molecular flexibility index (Phi) is 6.93. The van der Waals surface area contributed by atoms with Crippen molar-refractivity contribution in [3.8, 4) is 0 Å². The fraction of sp³-hybridized carbons (Fsp3) is 0.385. The quantitative estimate of drug-likeness (QED) is 0.272. The van der Waals surface area contributed by atoms with Crippen LogP contribution >= 0.6 is 0 Å². The molecule has 9 nitrogen and oxygen atoms in total. The van der Waals surface area contributed by atoms with Gasteiger partial charge in [-0.05, 0) is 6.07 Å². The number of rotatable bonds is 9. The summed E-state index contributed by atoms with van der Waals surface area (Å²) in [5.41, 5.74) is 0.0374. The van der Waals surface area contributed by atoms with Gasteiger partial charge in [-0.1, -0.05) is 6.07 Å². The van der Waals surface area contributed by atoms with E-state index in [1.165, 1.54) is 29.6 Å². The van der Waals surface area contributed by atoms with Crippen molar-refractivity contribution < 1.29 is 30.0 Å². The number of aliphatic hydroxyl groups is 1. The Morgan fingerprint density at radius 1 is 1.41 bits per heavy atom. The smallest absolute Gasteiger partial charge is 0.271 e. The lowest BCUT2D eigenvalue weighted by Gasteiger charge is -2.16. The number of quaternary nitrogens is 1. The minimum absolute atomic E-state index is 0.0733. The number of benzene rings is 1. The predicted octanol–water partition coefficient (Wildman–Crippen LogP) is -2.01. The molecule has 0 aromatic heterocycles. The average Bonchev–Trinajstić information content (AvgIpc) is 2.46. The number of nitrogens with zero attached hydrogens (tertiary/aromatic N) is 1. The van der Waals surface area contributed by atoms with E-state index in [0.29, 0.717) is 13.0 Å². The van der Waals surface area contributed by atoms with E-state index in [1.54, 1.807) is 0 Å². The molecule has 0 saturated carbocycles. The Morgan fingerprint density at radius 2 is 2.14 bits per heavy atom. The Hall–Kier alpha value is -2.52. The zero-order chi connectivity index (χ0) is 16.5. The fourth-order valence-electron chi connectivity index (χ4n) is 1.78. The van der Waals surface area contributed by atoms with Crippen molar-refractivity contribution in [3.63, 3.8) is 0 Å². The van der Waals surface area contributed by atoms with Gasteiger partial charge in [-0.2, -0.15) is 0 Å². The highest BCUT2D eigenvalue weighted by Gasteiger charge is 2.18. The maximum absolute atomic E-state index is 11.8. The molecule has 0 spiro atoms. The van der Waals surface area contributed by atoms with Crippen LogP contribution in [-0.4, -0.2) is 41.1 Å². The van der Waals surface area contributed by atoms with E-state index in [4.69, 9.17) is 5.11 Å². The van der Waals surface area contributed by atoms with Crippen LogP contribution in [0.1, 0.15) is 12.8 Å². The van der Waals surface area contributed by atoms with Gasteiger partial charge in [0.05, 0.1) is 23.9 Å². The first-order chi connectivity index (χ1) is 10.4. The molecular weight excluding hydrogens is 294 g/mol. The molecule has 0 radical (unpaired) electrons. The number of non-ortho nitro benzene ring substituents is 1. The number of nitrogens with one attached hydrogen (secondary N) is 1. The number of amides is 1. The Morgan fingerprint density at radius 3 is 2.73 bits per heavy atom. The van der Waals surface area contributed by atoms with Gasteiger partial charge in [-0.15, -0.1) is 0 Å². The lowest BCUT2D eigenvalue weighted by atomic mass is 10.2. The molecule has 1 rings (SSSR count). The van der Waals surface area contributed by atoms with Crippen LogP contribution in [0.5, 0.6) is 0 Å². The van der Waals surface area contributed by atoms with Crippen LogP contribution in [0.15, 0.2) is 24.3 Å². The molecule has 0 aliphatic rings. The van der Waals surface area contributed by atoms with Gasteiger partial charge in [-0.25, -0.2) is 0 Å². The standard InChI is InChI=1S/C13H17N3O6/c17-6-2-5-14-11(13(19)20)8-12(18)15-9-3-1-4-10(7-9)16(21)22/h1,3-4,7,11,14,17H,2,5-6,8H2,(H,15,18)(H,19,20)/t11-/m0/s1.